The molecule has 170 valence electrons. The van der Waals surface area contributed by atoms with Crippen LogP contribution in [0.25, 0.3) is 16.7 Å². The Morgan fingerprint density at radius 3 is 2.64 bits per heavy atom. The summed E-state index contributed by atoms with van der Waals surface area (Å²) >= 11 is 0. The minimum Gasteiger partial charge on any atom is -0.497 e. The van der Waals surface area contributed by atoms with Gasteiger partial charge in [-0.25, -0.2) is 14.5 Å². The summed E-state index contributed by atoms with van der Waals surface area (Å²) in [6, 6.07) is 13.1. The average Bonchev–Trinajstić information content (AvgIpc) is 3.37. The summed E-state index contributed by atoms with van der Waals surface area (Å²) in [7, 11) is 3.34. The maximum absolute atomic E-state index is 12.9. The Balaban J connectivity index is 1.46. The molecule has 2 aromatic carbocycles. The van der Waals surface area contributed by atoms with Crippen LogP contribution in [0.2, 0.25) is 0 Å². The number of nitrogens with zero attached hydrogens (tertiary/aromatic N) is 4. The average molecular weight is 447 g/mol. The third kappa shape index (κ3) is 4.50. The number of carbonyl (C=O) groups is 1. The number of hydrogen-bond acceptors (Lipinski definition) is 6. The standard InChI is InChI=1S/C25H26N4O4/c1-16-21-10-9-20(32-4)13-23(21)33-25(31)22(16)11-12-24(30)28(3)17(2)18-5-7-19(8-6-18)29-15-26-14-27-29/h5-10,13-15,17H,11-12H2,1-4H3/t17-/m0/s1. The molecule has 0 N–H and O–H groups in total. The van der Waals surface area contributed by atoms with Crippen LogP contribution in [0, 0.1) is 6.92 Å². The molecule has 0 bridgehead atoms. The monoisotopic (exact) mass is 446 g/mol. The van der Waals surface area contributed by atoms with E-state index < -0.39 is 5.63 Å². The van der Waals surface area contributed by atoms with E-state index in [2.05, 4.69) is 10.1 Å². The molecular weight excluding hydrogens is 420 g/mol. The maximum Gasteiger partial charge on any atom is 0.339 e. The van der Waals surface area contributed by atoms with Gasteiger partial charge in [0.25, 0.3) is 0 Å². The lowest BCUT2D eigenvalue weighted by Crippen LogP contribution is -2.30. The first-order valence-corrected chi connectivity index (χ1v) is 10.7. The van der Waals surface area contributed by atoms with Gasteiger partial charge in [0.15, 0.2) is 0 Å². The molecule has 0 fully saturated rings. The summed E-state index contributed by atoms with van der Waals surface area (Å²) in [6.07, 6.45) is 3.65. The first kappa shape index (κ1) is 22.3. The van der Waals surface area contributed by atoms with Crippen LogP contribution in [0.4, 0.5) is 0 Å². The molecule has 0 saturated heterocycles. The Hall–Kier alpha value is -3.94. The molecule has 1 atom stereocenters. The number of ether oxygens (including phenoxy) is 1. The van der Waals surface area contributed by atoms with E-state index in [0.29, 0.717) is 23.3 Å². The van der Waals surface area contributed by atoms with Crippen molar-refractivity contribution in [1.82, 2.24) is 19.7 Å². The van der Waals surface area contributed by atoms with E-state index in [9.17, 15) is 9.59 Å². The molecule has 0 aliphatic rings. The van der Waals surface area contributed by atoms with Gasteiger partial charge in [0.05, 0.1) is 18.8 Å². The highest BCUT2D eigenvalue weighted by Gasteiger charge is 2.19. The first-order valence-electron chi connectivity index (χ1n) is 10.7. The molecule has 0 spiro atoms. The number of carbonyl (C=O) groups excluding carboxylic acids is 1. The molecule has 0 aliphatic carbocycles. The van der Waals surface area contributed by atoms with Crippen LogP contribution >= 0.6 is 0 Å². The lowest BCUT2D eigenvalue weighted by Gasteiger charge is -2.25. The predicted octanol–water partition coefficient (Wildman–Crippen LogP) is 3.84. The fourth-order valence-electron chi connectivity index (χ4n) is 3.89. The van der Waals surface area contributed by atoms with Crippen LogP contribution in [0.15, 0.2) is 64.3 Å². The topological polar surface area (TPSA) is 90.5 Å². The highest BCUT2D eigenvalue weighted by Crippen LogP contribution is 2.25. The van der Waals surface area contributed by atoms with E-state index in [4.69, 9.17) is 9.15 Å². The van der Waals surface area contributed by atoms with Crippen LogP contribution in [-0.2, 0) is 11.2 Å². The van der Waals surface area contributed by atoms with Gasteiger partial charge in [-0.1, -0.05) is 12.1 Å². The molecule has 2 aromatic heterocycles. The Morgan fingerprint density at radius 1 is 1.21 bits per heavy atom. The Kier molecular flexibility index (Phi) is 6.26. The van der Waals surface area contributed by atoms with E-state index in [1.165, 1.54) is 6.33 Å². The molecule has 33 heavy (non-hydrogen) atoms. The molecule has 4 rings (SSSR count). The van der Waals surface area contributed by atoms with Gasteiger partial charge in [-0.3, -0.25) is 4.79 Å². The summed E-state index contributed by atoms with van der Waals surface area (Å²) in [5, 5.41) is 4.96. The summed E-state index contributed by atoms with van der Waals surface area (Å²) < 4.78 is 12.4. The van der Waals surface area contributed by atoms with Crippen molar-refractivity contribution in [2.45, 2.75) is 32.7 Å². The van der Waals surface area contributed by atoms with Crippen molar-refractivity contribution in [3.63, 3.8) is 0 Å². The fraction of sp³-hybridized carbons (Fsp3) is 0.280. The normalized spacial score (nSPS) is 12.0. The summed E-state index contributed by atoms with van der Waals surface area (Å²) in [5.41, 5.74) is 3.32. The number of rotatable bonds is 7. The molecule has 0 saturated carbocycles. The van der Waals surface area contributed by atoms with Gasteiger partial charge in [-0.05, 0) is 55.7 Å². The number of aromatic nitrogens is 3. The molecule has 1 amide bonds. The zero-order valence-corrected chi connectivity index (χ0v) is 19.1. The van der Waals surface area contributed by atoms with Gasteiger partial charge in [0.2, 0.25) is 5.91 Å². The molecule has 0 radical (unpaired) electrons. The number of fused-ring (bicyclic) bond motifs is 1. The van der Waals surface area contributed by atoms with Gasteiger partial charge >= 0.3 is 5.63 Å². The van der Waals surface area contributed by atoms with Crippen molar-refractivity contribution in [3.05, 3.63) is 82.2 Å². The lowest BCUT2D eigenvalue weighted by atomic mass is 10.0. The summed E-state index contributed by atoms with van der Waals surface area (Å²) in [6.45, 7) is 3.86. The van der Waals surface area contributed by atoms with E-state index in [-0.39, 0.29) is 18.4 Å². The van der Waals surface area contributed by atoms with Crippen molar-refractivity contribution in [3.8, 4) is 11.4 Å². The molecule has 4 aromatic rings. The van der Waals surface area contributed by atoms with Gasteiger partial charge in [-0.15, -0.1) is 0 Å². The van der Waals surface area contributed by atoms with Gasteiger partial charge in [-0.2, -0.15) is 5.10 Å². The van der Waals surface area contributed by atoms with Crippen LogP contribution in [-0.4, -0.2) is 39.7 Å². The third-order valence-electron chi connectivity index (χ3n) is 6.12. The Bertz CT molecular complexity index is 1330. The van der Waals surface area contributed by atoms with Crippen LogP contribution in [0.5, 0.6) is 5.75 Å². The zero-order chi connectivity index (χ0) is 23.5. The zero-order valence-electron chi connectivity index (χ0n) is 19.1. The van der Waals surface area contributed by atoms with Crippen LogP contribution < -0.4 is 10.4 Å². The third-order valence-corrected chi connectivity index (χ3v) is 6.12. The largest absolute Gasteiger partial charge is 0.497 e. The SMILES string of the molecule is COc1ccc2c(C)c(CCC(=O)N(C)[C@@H](C)c3ccc(-n4cncn4)cc3)c(=O)oc2c1. The molecule has 0 aliphatic heterocycles. The molecule has 2 heterocycles. The first-order chi connectivity index (χ1) is 15.9. The molecule has 0 unspecified atom stereocenters. The number of hydrogen-bond donors (Lipinski definition) is 0. The second-order valence-corrected chi connectivity index (χ2v) is 7.97. The summed E-state index contributed by atoms with van der Waals surface area (Å²) in [4.78, 5) is 31.1. The number of methoxy groups -OCH3 is 1. The van der Waals surface area contributed by atoms with E-state index in [0.717, 1.165) is 22.2 Å². The minimum atomic E-state index is -0.416. The highest BCUT2D eigenvalue weighted by atomic mass is 16.5. The smallest absolute Gasteiger partial charge is 0.339 e. The van der Waals surface area contributed by atoms with Crippen LogP contribution in [0.3, 0.4) is 0 Å². The molecule has 8 nitrogen and oxygen atoms in total. The van der Waals surface area contributed by atoms with Crippen molar-refractivity contribution >= 4 is 16.9 Å². The second-order valence-electron chi connectivity index (χ2n) is 7.97. The van der Waals surface area contributed by atoms with Crippen molar-refractivity contribution in [1.29, 1.82) is 0 Å². The van der Waals surface area contributed by atoms with Gasteiger partial charge in [0, 0.05) is 30.5 Å². The predicted molar refractivity (Wildman–Crippen MR) is 125 cm³/mol. The lowest BCUT2D eigenvalue weighted by molar-refractivity contribution is -0.131. The molecule has 8 heteroatoms. The fourth-order valence-corrected chi connectivity index (χ4v) is 3.89. The minimum absolute atomic E-state index is 0.0449. The number of aryl methyl sites for hydroxylation is 1. The summed E-state index contributed by atoms with van der Waals surface area (Å²) in [5.74, 6) is 0.578. The number of amides is 1. The maximum atomic E-state index is 12.9. The second kappa shape index (κ2) is 9.28. The van der Waals surface area contributed by atoms with E-state index >= 15 is 0 Å². The van der Waals surface area contributed by atoms with Gasteiger partial charge < -0.3 is 14.1 Å². The van der Waals surface area contributed by atoms with E-state index in [1.54, 1.807) is 36.1 Å². The van der Waals surface area contributed by atoms with Gasteiger partial charge in [0.1, 0.15) is 24.0 Å². The van der Waals surface area contributed by atoms with E-state index in [1.807, 2.05) is 50.2 Å². The van der Waals surface area contributed by atoms with Crippen molar-refractivity contribution in [2.75, 3.05) is 14.2 Å². The van der Waals surface area contributed by atoms with Crippen LogP contribution in [0.1, 0.15) is 36.1 Å². The van der Waals surface area contributed by atoms with Crippen molar-refractivity contribution < 1.29 is 13.9 Å². The number of benzene rings is 2. The Labute approximate surface area is 191 Å². The molecular formula is C25H26N4O4. The Morgan fingerprint density at radius 2 is 1.97 bits per heavy atom. The highest BCUT2D eigenvalue weighted by molar-refractivity contribution is 5.83. The quantitative estimate of drug-likeness (QED) is 0.401. The van der Waals surface area contributed by atoms with Crippen molar-refractivity contribution in [2.24, 2.45) is 0 Å².